The van der Waals surface area contributed by atoms with E-state index in [9.17, 15) is 0 Å². The minimum absolute atomic E-state index is 0.133. The number of hydrogen-bond acceptors (Lipinski definition) is 0. The summed E-state index contributed by atoms with van der Waals surface area (Å²) < 4.78 is 44.4. The maximum absolute atomic E-state index is 8.93. The van der Waals surface area contributed by atoms with E-state index in [4.69, 9.17) is 5.48 Å². The number of aryl methyl sites for hydroxylation is 6. The lowest BCUT2D eigenvalue weighted by molar-refractivity contribution is -0.665. The summed E-state index contributed by atoms with van der Waals surface area (Å²) in [7, 11) is 8.44. The fourth-order valence-corrected chi connectivity index (χ4v) is 21.4. The first-order valence-corrected chi connectivity index (χ1v) is 42.9. The molecule has 0 N–H and O–H groups in total. The van der Waals surface area contributed by atoms with E-state index < -0.39 is 0 Å². The molecule has 23 rings (SSSR count). The molecule has 2 atom stereocenters. The minimum atomic E-state index is -0.133. The van der Waals surface area contributed by atoms with Crippen molar-refractivity contribution in [3.05, 3.63) is 356 Å². The highest BCUT2D eigenvalue weighted by molar-refractivity contribution is 6.04. The number of pyridine rings is 4. The first-order valence-electron chi connectivity index (χ1n) is 44.9. The van der Waals surface area contributed by atoms with Crippen LogP contribution in [0.1, 0.15) is 184 Å². The molecule has 0 aliphatic heterocycles. The largest absolute Gasteiger partial charge is 0.221 e. The highest BCUT2D eigenvalue weighted by atomic mass is 15.0. The zero-order chi connectivity index (χ0) is 83.9. The summed E-state index contributed by atoms with van der Waals surface area (Å²) in [5, 5.41) is 8.88. The van der Waals surface area contributed by atoms with E-state index in [2.05, 4.69) is 340 Å². The smallest absolute Gasteiger partial charge is 0.198 e. The number of aromatic nitrogens is 4. The predicted octanol–water partition coefficient (Wildman–Crippen LogP) is 26.7. The van der Waals surface area contributed by atoms with E-state index in [1.54, 1.807) is 22.3 Å². The van der Waals surface area contributed by atoms with E-state index in [1.807, 2.05) is 18.2 Å². The first kappa shape index (κ1) is 70.7. The molecule has 0 radical (unpaired) electrons. The van der Waals surface area contributed by atoms with Gasteiger partial charge in [-0.25, -0.2) is 0 Å². The third-order valence-electron chi connectivity index (χ3n) is 28.1. The second-order valence-electron chi connectivity index (χ2n) is 35.4. The molecule has 4 heterocycles. The molecule has 117 heavy (non-hydrogen) atoms. The van der Waals surface area contributed by atoms with Crippen molar-refractivity contribution >= 4 is 43.1 Å². The van der Waals surface area contributed by atoms with Crippen LogP contribution in [0.5, 0.6) is 0 Å². The number of rotatable bonds is 7. The van der Waals surface area contributed by atoms with Crippen LogP contribution in [0.25, 0.3) is 133 Å². The molecule has 7 aliphatic rings. The van der Waals surface area contributed by atoms with Crippen molar-refractivity contribution in [1.82, 2.24) is 0 Å². The van der Waals surface area contributed by atoms with Gasteiger partial charge in [-0.15, -0.1) is 0 Å². The number of nitrogens with zero attached hydrogens (tertiary/aromatic N) is 4. The summed E-state index contributed by atoms with van der Waals surface area (Å²) >= 11 is 0. The SMILES string of the molecule is [2H]c1c(C)[n+](C)c(-c2cc3c(cc2C)C2CCC3C2)c2ccc(-c3ccccc3)cc12.[2H]c1c(C)[n+](C)c(-c2cc3c(cc2C)C2CCC3CC2)c2ccc(-c3ccccc3)cc12.[2H]c1c(C)[n+](C)c(-c2cc3c(cc2C)CCC3)c2ccc(-c3ccccc3)cc12.[2H]c1c(C)[n+](C)c2c3c(cc(-c4ccccc4)cc13)C(C)(C)c1cccc(C)c1-2. The molecular weight excluding hydrogens is 1410 g/mol. The molecule has 7 aliphatic carbocycles. The van der Waals surface area contributed by atoms with Crippen LogP contribution in [0, 0.1) is 55.4 Å². The second kappa shape index (κ2) is 30.1. The molecule has 2 unspecified atom stereocenters. The van der Waals surface area contributed by atoms with Crippen molar-refractivity contribution in [2.45, 2.75) is 163 Å². The van der Waals surface area contributed by atoms with Crippen molar-refractivity contribution in [2.24, 2.45) is 28.2 Å². The Labute approximate surface area is 699 Å². The van der Waals surface area contributed by atoms with Gasteiger partial charge >= 0.3 is 0 Å². The van der Waals surface area contributed by atoms with Gasteiger partial charge < -0.3 is 0 Å². The van der Waals surface area contributed by atoms with Crippen LogP contribution < -0.4 is 18.3 Å². The molecule has 578 valence electrons. The van der Waals surface area contributed by atoms with Gasteiger partial charge in [0.15, 0.2) is 22.8 Å². The molecule has 4 aromatic heterocycles. The fourth-order valence-electron chi connectivity index (χ4n) is 21.4. The number of fused-ring (bicyclic) bond motifs is 13. The molecule has 4 nitrogen and oxygen atoms in total. The second-order valence-corrected chi connectivity index (χ2v) is 35.4. The van der Waals surface area contributed by atoms with Crippen molar-refractivity contribution < 1.29 is 23.8 Å². The lowest BCUT2D eigenvalue weighted by Crippen LogP contribution is -2.38. The van der Waals surface area contributed by atoms with Crippen molar-refractivity contribution in [3.63, 3.8) is 0 Å². The van der Waals surface area contributed by atoms with Crippen LogP contribution in [-0.2, 0) is 46.4 Å². The topological polar surface area (TPSA) is 15.5 Å². The zero-order valence-corrected chi connectivity index (χ0v) is 70.8. The Kier molecular flexibility index (Phi) is 18.2. The molecule has 4 heteroatoms. The average molecular weight is 1530 g/mol. The highest BCUT2D eigenvalue weighted by Gasteiger charge is 2.41. The average Bonchev–Trinajstić information content (AvgIpc) is 1.38. The Morgan fingerprint density at radius 2 is 0.650 bits per heavy atom. The van der Waals surface area contributed by atoms with Gasteiger partial charge in [0.25, 0.3) is 0 Å². The standard InChI is InChI=1S/C30H30N.C29H28N.2C27H26N/c1-19-15-28-22-9-11-23(12-10-22)29(28)18-27(19)30-26-14-13-24(21-7-5-4-6-8-21)17-25(26)16-20(2)31(30)3;1-18-13-27-22-9-10-23(16-22)28(27)17-26(18)29-25-12-11-21(20-7-5-4-6-8-20)15-24(25)14-19(2)30(29)3;1-17-10-9-13-22-24(17)26-25-21(14-18(2)28(26)5)15-20(16-23(25)27(22,3)4)19-11-7-6-8-12-19;1-18-14-21-10-7-11-22(21)17-26(18)27-25-13-12-23(20-8-5-4-6-9-20)16-24(25)15-19(2)28(27)3/h4-8,13-18,22-23H,9-12H2,1-3H3;4-8,11-15,17,22-23H,9-10,16H2,1-3H3;6-16H,1-5H3;4-6,8-9,12-17H,7,10-11H2,1-3H3/q4*+1/i16D;2*14D;15D. The summed E-state index contributed by atoms with van der Waals surface area (Å²) in [6.07, 6.45) is 13.1. The van der Waals surface area contributed by atoms with Gasteiger partial charge in [-0.1, -0.05) is 190 Å². The van der Waals surface area contributed by atoms with E-state index in [0.29, 0.717) is 24.2 Å². The molecular formula is C113H110N4+4. The lowest BCUT2D eigenvalue weighted by atomic mass is 9.66. The molecule has 12 aromatic carbocycles. The monoisotopic (exact) mass is 1530 g/mol. The van der Waals surface area contributed by atoms with Gasteiger partial charge in [-0.2, -0.15) is 18.3 Å². The van der Waals surface area contributed by atoms with Gasteiger partial charge in [0, 0.05) is 57.3 Å². The molecule has 2 fully saturated rings. The van der Waals surface area contributed by atoms with Gasteiger partial charge in [-0.05, 0) is 315 Å². The number of hydrogen-bond donors (Lipinski definition) is 0. The lowest BCUT2D eigenvalue weighted by Gasteiger charge is -2.38. The van der Waals surface area contributed by atoms with Gasteiger partial charge in [0.05, 0.1) is 49.3 Å². The van der Waals surface area contributed by atoms with E-state index in [1.165, 1.54) is 209 Å². The van der Waals surface area contributed by atoms with E-state index >= 15 is 0 Å². The molecule has 0 amide bonds. The zero-order valence-electron chi connectivity index (χ0n) is 74.8. The van der Waals surface area contributed by atoms with Crippen LogP contribution in [0.15, 0.2) is 267 Å². The Morgan fingerprint density at radius 3 is 1.09 bits per heavy atom. The van der Waals surface area contributed by atoms with Crippen LogP contribution in [-0.4, -0.2) is 0 Å². The van der Waals surface area contributed by atoms with Gasteiger partial charge in [-0.3, -0.25) is 0 Å². The maximum atomic E-state index is 8.93. The Balaban J connectivity index is 0.000000107. The maximum Gasteiger partial charge on any atom is 0.221 e. The molecule has 0 spiro atoms. The van der Waals surface area contributed by atoms with E-state index in [-0.39, 0.29) is 5.41 Å². The third kappa shape index (κ3) is 13.3. The predicted molar refractivity (Wildman–Crippen MR) is 489 cm³/mol. The quantitative estimate of drug-likeness (QED) is 0.141. The fraction of sp³-hybridized carbons (Fsp3) is 0.257. The van der Waals surface area contributed by atoms with Gasteiger partial charge in [0.1, 0.15) is 28.2 Å². The molecule has 0 saturated heterocycles. The molecule has 16 aromatic rings. The number of benzene rings is 12. The summed E-state index contributed by atoms with van der Waals surface area (Å²) in [5.41, 5.74) is 41.0. The van der Waals surface area contributed by atoms with Crippen LogP contribution in [0.3, 0.4) is 0 Å². The highest BCUT2D eigenvalue weighted by Crippen LogP contribution is 2.56. The molecule has 2 saturated carbocycles. The normalized spacial score (nSPS) is 17.2. The van der Waals surface area contributed by atoms with E-state index in [0.717, 1.165) is 78.9 Å². The first-order chi connectivity index (χ1) is 58.4. The van der Waals surface area contributed by atoms with Crippen LogP contribution >= 0.6 is 0 Å². The third-order valence-corrected chi connectivity index (χ3v) is 28.1. The van der Waals surface area contributed by atoms with Crippen molar-refractivity contribution in [3.8, 4) is 89.5 Å². The van der Waals surface area contributed by atoms with Crippen LogP contribution in [0.4, 0.5) is 0 Å². The Bertz CT molecular complexity index is 6940. The van der Waals surface area contributed by atoms with Crippen molar-refractivity contribution in [2.75, 3.05) is 0 Å². The van der Waals surface area contributed by atoms with Crippen molar-refractivity contribution in [1.29, 1.82) is 0 Å². The summed E-state index contributed by atoms with van der Waals surface area (Å²) in [4.78, 5) is 0. The Hall–Kier alpha value is -11.7. The summed E-state index contributed by atoms with van der Waals surface area (Å²) in [6, 6.07) is 90.2. The Morgan fingerprint density at radius 1 is 0.299 bits per heavy atom. The minimum Gasteiger partial charge on any atom is -0.198 e. The molecule has 4 bridgehead atoms. The van der Waals surface area contributed by atoms with Gasteiger partial charge in [0.2, 0.25) is 22.8 Å². The van der Waals surface area contributed by atoms with Crippen LogP contribution in [0.2, 0.25) is 0 Å². The summed E-state index contributed by atoms with van der Waals surface area (Å²) in [6.45, 7) is 21.9. The summed E-state index contributed by atoms with van der Waals surface area (Å²) in [5.74, 6) is 3.02.